The fourth-order valence-electron chi connectivity index (χ4n) is 6.21. The topological polar surface area (TPSA) is 9.23 Å². The molecule has 0 bridgehead atoms. The highest BCUT2D eigenvalue weighted by Crippen LogP contribution is 2.42. The maximum absolute atomic E-state index is 14.7. The summed E-state index contributed by atoms with van der Waals surface area (Å²) in [4.78, 5) is 0. The van der Waals surface area contributed by atoms with Crippen molar-refractivity contribution in [2.45, 2.75) is 84.0 Å². The first-order valence-corrected chi connectivity index (χ1v) is 13.9. The van der Waals surface area contributed by atoms with Crippen LogP contribution in [0.1, 0.15) is 83.1 Å². The summed E-state index contributed by atoms with van der Waals surface area (Å²) in [5, 5.41) is 0. The molecule has 1 nitrogen and oxygen atoms in total. The Hall–Kier alpha value is -2.16. The SMILES string of the molecule is C=CC1CCC(C2CCC(CCc3ccc(-c4ccc(OCCCC)c(F)c4F)cc3)CC2)CC1. The molecule has 35 heavy (non-hydrogen) atoms. The van der Waals surface area contributed by atoms with E-state index in [1.807, 2.05) is 19.1 Å². The van der Waals surface area contributed by atoms with E-state index in [-0.39, 0.29) is 11.3 Å². The molecule has 0 spiro atoms. The number of aryl methyl sites for hydroxylation is 1. The van der Waals surface area contributed by atoms with E-state index < -0.39 is 11.6 Å². The van der Waals surface area contributed by atoms with Crippen LogP contribution in [-0.2, 0) is 6.42 Å². The monoisotopic (exact) mass is 480 g/mol. The highest BCUT2D eigenvalue weighted by atomic mass is 19.2. The molecular weight excluding hydrogens is 438 g/mol. The maximum atomic E-state index is 14.7. The van der Waals surface area contributed by atoms with Crippen molar-refractivity contribution in [2.75, 3.05) is 6.61 Å². The van der Waals surface area contributed by atoms with Crippen molar-refractivity contribution in [1.29, 1.82) is 0 Å². The molecule has 3 heteroatoms. The minimum absolute atomic E-state index is 0.00418. The highest BCUT2D eigenvalue weighted by Gasteiger charge is 2.30. The van der Waals surface area contributed by atoms with Crippen LogP contribution in [0.5, 0.6) is 5.75 Å². The molecule has 0 unspecified atom stereocenters. The van der Waals surface area contributed by atoms with E-state index in [0.29, 0.717) is 12.2 Å². The lowest BCUT2D eigenvalue weighted by Gasteiger charge is -2.37. The maximum Gasteiger partial charge on any atom is 0.201 e. The third-order valence-corrected chi connectivity index (χ3v) is 8.62. The molecule has 0 amide bonds. The molecule has 0 heterocycles. The standard InChI is InChI=1S/C32H42F2O/c1-3-5-22-35-30-21-20-29(31(33)32(30)34)28-18-12-25(13-19-28)7-6-24-10-16-27(17-11-24)26-14-8-23(4-2)9-15-26/h4,12-13,18-21,23-24,26-27H,2-3,5-11,14-17,22H2,1H3. The molecule has 4 rings (SSSR count). The number of hydrogen-bond acceptors (Lipinski definition) is 1. The van der Waals surface area contributed by atoms with E-state index in [2.05, 4.69) is 24.8 Å². The quantitative estimate of drug-likeness (QED) is 0.243. The summed E-state index contributed by atoms with van der Waals surface area (Å²) in [5.74, 6) is 1.73. The van der Waals surface area contributed by atoms with Gasteiger partial charge in [0.05, 0.1) is 6.61 Å². The van der Waals surface area contributed by atoms with Crippen molar-refractivity contribution in [2.24, 2.45) is 23.7 Å². The third kappa shape index (κ3) is 6.74. The number of halogens is 2. The van der Waals surface area contributed by atoms with Crippen molar-refractivity contribution < 1.29 is 13.5 Å². The average Bonchev–Trinajstić information content (AvgIpc) is 2.91. The van der Waals surface area contributed by atoms with Gasteiger partial charge in [0.1, 0.15) is 0 Å². The Morgan fingerprint density at radius 3 is 2.14 bits per heavy atom. The molecule has 2 aliphatic rings. The van der Waals surface area contributed by atoms with Crippen LogP contribution in [0.25, 0.3) is 11.1 Å². The van der Waals surface area contributed by atoms with E-state index in [1.54, 1.807) is 12.1 Å². The Morgan fingerprint density at radius 1 is 0.857 bits per heavy atom. The lowest BCUT2D eigenvalue weighted by atomic mass is 9.68. The number of rotatable bonds is 10. The number of allylic oxidation sites excluding steroid dienone is 1. The Balaban J connectivity index is 1.25. The van der Waals surface area contributed by atoms with Gasteiger partial charge in [-0.1, -0.05) is 56.5 Å². The van der Waals surface area contributed by atoms with Crippen molar-refractivity contribution in [3.63, 3.8) is 0 Å². The van der Waals surface area contributed by atoms with Crippen molar-refractivity contribution in [3.05, 3.63) is 66.3 Å². The first-order chi connectivity index (χ1) is 17.1. The zero-order valence-corrected chi connectivity index (χ0v) is 21.4. The molecule has 0 aliphatic heterocycles. The number of ether oxygens (including phenoxy) is 1. The molecule has 190 valence electrons. The Morgan fingerprint density at radius 2 is 1.51 bits per heavy atom. The van der Waals surface area contributed by atoms with Crippen LogP contribution in [0.3, 0.4) is 0 Å². The smallest absolute Gasteiger partial charge is 0.201 e. The summed E-state index contributed by atoms with van der Waals surface area (Å²) in [6.07, 6.45) is 17.2. The van der Waals surface area contributed by atoms with Crippen molar-refractivity contribution >= 4 is 0 Å². The molecule has 2 fully saturated rings. The van der Waals surface area contributed by atoms with Crippen LogP contribution in [0.4, 0.5) is 8.78 Å². The van der Waals surface area contributed by atoms with Crippen LogP contribution < -0.4 is 4.74 Å². The Labute approximate surface area is 211 Å². The van der Waals surface area contributed by atoms with E-state index in [4.69, 9.17) is 4.74 Å². The molecule has 2 aliphatic carbocycles. The zero-order chi connectivity index (χ0) is 24.6. The minimum atomic E-state index is -0.896. The third-order valence-electron chi connectivity index (χ3n) is 8.62. The summed E-state index contributed by atoms with van der Waals surface area (Å²) >= 11 is 0. The van der Waals surface area contributed by atoms with Gasteiger partial charge in [-0.2, -0.15) is 4.39 Å². The molecule has 0 saturated heterocycles. The minimum Gasteiger partial charge on any atom is -0.490 e. The van der Waals surface area contributed by atoms with Gasteiger partial charge in [-0.05, 0) is 105 Å². The van der Waals surface area contributed by atoms with Gasteiger partial charge in [0, 0.05) is 5.56 Å². The van der Waals surface area contributed by atoms with E-state index in [1.165, 1.54) is 63.4 Å². The van der Waals surface area contributed by atoms with Crippen LogP contribution >= 0.6 is 0 Å². The van der Waals surface area contributed by atoms with Crippen molar-refractivity contribution in [1.82, 2.24) is 0 Å². The molecule has 0 atom stereocenters. The normalized spacial score (nSPS) is 24.8. The molecule has 2 aromatic rings. The Bertz CT molecular complexity index is 935. The summed E-state index contributed by atoms with van der Waals surface area (Å²) < 4.78 is 34.5. The van der Waals surface area contributed by atoms with Gasteiger partial charge in [0.2, 0.25) is 5.82 Å². The van der Waals surface area contributed by atoms with Crippen LogP contribution in [0.2, 0.25) is 0 Å². The summed E-state index contributed by atoms with van der Waals surface area (Å²) in [6, 6.07) is 11.1. The predicted octanol–water partition coefficient (Wildman–Crippen LogP) is 9.54. The fraction of sp³-hybridized carbons (Fsp3) is 0.562. The van der Waals surface area contributed by atoms with Crippen LogP contribution in [-0.4, -0.2) is 6.61 Å². The van der Waals surface area contributed by atoms with Crippen LogP contribution in [0.15, 0.2) is 49.1 Å². The molecule has 0 N–H and O–H groups in total. The molecule has 0 radical (unpaired) electrons. The molecule has 0 aromatic heterocycles. The first-order valence-electron chi connectivity index (χ1n) is 13.9. The van der Waals surface area contributed by atoms with Gasteiger partial charge in [0.25, 0.3) is 0 Å². The molecular formula is C32H42F2O. The number of unbranched alkanes of at least 4 members (excludes halogenated alkanes) is 1. The lowest BCUT2D eigenvalue weighted by Crippen LogP contribution is -2.25. The summed E-state index contributed by atoms with van der Waals surface area (Å²) in [7, 11) is 0. The second-order valence-electron chi connectivity index (χ2n) is 10.9. The van der Waals surface area contributed by atoms with E-state index >= 15 is 0 Å². The van der Waals surface area contributed by atoms with Gasteiger partial charge in [-0.25, -0.2) is 4.39 Å². The lowest BCUT2D eigenvalue weighted by molar-refractivity contribution is 0.153. The largest absolute Gasteiger partial charge is 0.490 e. The number of hydrogen-bond donors (Lipinski definition) is 0. The van der Waals surface area contributed by atoms with Gasteiger partial charge in [0.15, 0.2) is 11.6 Å². The van der Waals surface area contributed by atoms with E-state index in [0.717, 1.165) is 42.9 Å². The average molecular weight is 481 g/mol. The number of benzene rings is 2. The summed E-state index contributed by atoms with van der Waals surface area (Å²) in [5.41, 5.74) is 2.27. The van der Waals surface area contributed by atoms with Gasteiger partial charge in [-0.3, -0.25) is 0 Å². The molecule has 2 aromatic carbocycles. The van der Waals surface area contributed by atoms with Gasteiger partial charge >= 0.3 is 0 Å². The van der Waals surface area contributed by atoms with Crippen molar-refractivity contribution in [3.8, 4) is 16.9 Å². The first kappa shape index (κ1) is 25.9. The Kier molecular flexibility index (Phi) is 9.40. The highest BCUT2D eigenvalue weighted by molar-refractivity contribution is 5.65. The van der Waals surface area contributed by atoms with Gasteiger partial charge in [-0.15, -0.1) is 6.58 Å². The predicted molar refractivity (Wildman–Crippen MR) is 142 cm³/mol. The zero-order valence-electron chi connectivity index (χ0n) is 21.4. The second kappa shape index (κ2) is 12.7. The fourth-order valence-corrected chi connectivity index (χ4v) is 6.21. The van der Waals surface area contributed by atoms with E-state index in [9.17, 15) is 8.78 Å². The second-order valence-corrected chi connectivity index (χ2v) is 10.9. The van der Waals surface area contributed by atoms with Crippen LogP contribution in [0, 0.1) is 35.3 Å². The summed E-state index contributed by atoms with van der Waals surface area (Å²) in [6.45, 7) is 6.42. The molecule has 2 saturated carbocycles. The van der Waals surface area contributed by atoms with Gasteiger partial charge < -0.3 is 4.74 Å².